The van der Waals surface area contributed by atoms with E-state index in [1.165, 1.54) is 0 Å². The minimum absolute atomic E-state index is 0.0809. The van der Waals surface area contributed by atoms with E-state index in [1.807, 2.05) is 37.3 Å². The van der Waals surface area contributed by atoms with E-state index < -0.39 is 0 Å². The van der Waals surface area contributed by atoms with Gasteiger partial charge in [0.25, 0.3) is 5.91 Å². The first-order valence-electron chi connectivity index (χ1n) is 6.82. The van der Waals surface area contributed by atoms with E-state index in [0.717, 1.165) is 10.8 Å². The molecular weight excluding hydrogens is 252 g/mol. The maximum absolute atomic E-state index is 12.6. The third-order valence-corrected chi connectivity index (χ3v) is 3.84. The van der Waals surface area contributed by atoms with E-state index in [4.69, 9.17) is 0 Å². The Kier molecular flexibility index (Phi) is 3.22. The highest BCUT2D eigenvalue weighted by Gasteiger charge is 2.28. The zero-order valence-corrected chi connectivity index (χ0v) is 11.4. The van der Waals surface area contributed by atoms with Crippen molar-refractivity contribution in [3.63, 3.8) is 0 Å². The van der Waals surface area contributed by atoms with Crippen molar-refractivity contribution in [3.8, 4) is 0 Å². The van der Waals surface area contributed by atoms with E-state index in [2.05, 4.69) is 4.98 Å². The highest BCUT2D eigenvalue weighted by atomic mass is 16.2. The summed E-state index contributed by atoms with van der Waals surface area (Å²) in [5.41, 5.74) is 0.477. The number of piperidine rings is 1. The maximum atomic E-state index is 12.6. The monoisotopic (exact) mass is 268 g/mol. The lowest BCUT2D eigenvalue weighted by Crippen LogP contribution is -2.43. The summed E-state index contributed by atoms with van der Waals surface area (Å²) in [5, 5.41) is 1.87. The molecule has 2 aromatic rings. The minimum Gasteiger partial charge on any atom is -0.336 e. The normalized spacial score (nSPS) is 19.4. The van der Waals surface area contributed by atoms with Gasteiger partial charge in [0.05, 0.1) is 0 Å². The van der Waals surface area contributed by atoms with Crippen LogP contribution in [-0.4, -0.2) is 34.7 Å². The first-order valence-corrected chi connectivity index (χ1v) is 6.82. The number of likely N-dealkylation sites (tertiary alicyclic amines) is 1. The fourth-order valence-corrected chi connectivity index (χ4v) is 2.64. The van der Waals surface area contributed by atoms with Gasteiger partial charge in [-0.1, -0.05) is 31.2 Å². The summed E-state index contributed by atoms with van der Waals surface area (Å²) < 4.78 is 0. The lowest BCUT2D eigenvalue weighted by molar-refractivity contribution is -0.124. The fraction of sp³-hybridized carbons (Fsp3) is 0.312. The second-order valence-corrected chi connectivity index (χ2v) is 5.25. The van der Waals surface area contributed by atoms with E-state index in [1.54, 1.807) is 11.1 Å². The zero-order chi connectivity index (χ0) is 14.1. The lowest BCUT2D eigenvalue weighted by Gasteiger charge is -2.30. The van der Waals surface area contributed by atoms with Crippen LogP contribution in [0.4, 0.5) is 0 Å². The molecule has 1 aromatic carbocycles. The molecule has 0 spiro atoms. The van der Waals surface area contributed by atoms with Crippen LogP contribution < -0.4 is 0 Å². The van der Waals surface area contributed by atoms with E-state index in [9.17, 15) is 9.59 Å². The van der Waals surface area contributed by atoms with Gasteiger partial charge in [-0.05, 0) is 11.5 Å². The molecule has 1 atom stereocenters. The minimum atomic E-state index is -0.0823. The molecule has 102 valence electrons. The van der Waals surface area contributed by atoms with E-state index in [-0.39, 0.29) is 17.6 Å². The summed E-state index contributed by atoms with van der Waals surface area (Å²) in [6, 6.07) is 9.63. The number of fused-ring (bicyclic) bond motifs is 1. The van der Waals surface area contributed by atoms with Crippen LogP contribution in [-0.2, 0) is 4.79 Å². The Morgan fingerprint density at radius 3 is 2.90 bits per heavy atom. The number of aromatic nitrogens is 1. The lowest BCUT2D eigenvalue weighted by atomic mass is 9.98. The highest BCUT2D eigenvalue weighted by molar-refractivity contribution is 6.05. The number of nitrogens with zero attached hydrogens (tertiary/aromatic N) is 2. The van der Waals surface area contributed by atoms with Crippen molar-refractivity contribution < 1.29 is 9.59 Å². The Bertz CT molecular complexity index is 676. The second kappa shape index (κ2) is 5.04. The van der Waals surface area contributed by atoms with Gasteiger partial charge in [0.15, 0.2) is 0 Å². The number of amides is 1. The van der Waals surface area contributed by atoms with Crippen LogP contribution in [0.5, 0.6) is 0 Å². The van der Waals surface area contributed by atoms with Gasteiger partial charge in [0.2, 0.25) is 0 Å². The quantitative estimate of drug-likeness (QED) is 0.797. The van der Waals surface area contributed by atoms with Gasteiger partial charge in [-0.25, -0.2) is 0 Å². The summed E-state index contributed by atoms with van der Waals surface area (Å²) >= 11 is 0. The topological polar surface area (TPSA) is 50.3 Å². The number of Topliss-reactive ketones (excluding diaryl/α,β-unsaturated/α-hetero) is 1. The summed E-state index contributed by atoms with van der Waals surface area (Å²) in [7, 11) is 0. The van der Waals surface area contributed by atoms with Crippen LogP contribution in [0, 0.1) is 5.92 Å². The van der Waals surface area contributed by atoms with Crippen molar-refractivity contribution in [2.24, 2.45) is 5.92 Å². The molecule has 1 aromatic heterocycles. The zero-order valence-electron chi connectivity index (χ0n) is 11.4. The molecule has 1 aliphatic rings. The highest BCUT2D eigenvalue weighted by Crippen LogP contribution is 2.20. The van der Waals surface area contributed by atoms with Crippen molar-refractivity contribution in [2.45, 2.75) is 13.3 Å². The number of benzene rings is 1. The van der Waals surface area contributed by atoms with Gasteiger partial charge < -0.3 is 4.90 Å². The molecule has 2 heterocycles. The fourth-order valence-electron chi connectivity index (χ4n) is 2.64. The largest absolute Gasteiger partial charge is 0.336 e. The molecule has 1 aliphatic heterocycles. The number of carbonyl (C=O) groups is 2. The Hall–Kier alpha value is -2.23. The molecule has 0 radical (unpaired) electrons. The molecule has 1 unspecified atom stereocenters. The number of ketones is 1. The summed E-state index contributed by atoms with van der Waals surface area (Å²) in [6.45, 7) is 2.85. The molecule has 3 rings (SSSR count). The Labute approximate surface area is 117 Å². The number of rotatable bonds is 1. The van der Waals surface area contributed by atoms with Crippen LogP contribution in [0.3, 0.4) is 0 Å². The molecule has 4 heteroatoms. The molecule has 4 nitrogen and oxygen atoms in total. The van der Waals surface area contributed by atoms with Crippen molar-refractivity contribution in [2.75, 3.05) is 13.1 Å². The number of hydrogen-bond donors (Lipinski definition) is 0. The average Bonchev–Trinajstić information content (AvgIpc) is 2.49. The molecule has 20 heavy (non-hydrogen) atoms. The molecular formula is C16H16N2O2. The first kappa shape index (κ1) is 12.8. The standard InChI is InChI=1S/C16H16N2O2/c1-11-10-18(9-7-14(11)19)16(20)15-13-5-3-2-4-12(13)6-8-17-15/h2-6,8,11H,7,9-10H2,1H3. The smallest absolute Gasteiger partial charge is 0.273 e. The molecule has 0 saturated carbocycles. The van der Waals surface area contributed by atoms with E-state index >= 15 is 0 Å². The van der Waals surface area contributed by atoms with Gasteiger partial charge in [-0.15, -0.1) is 0 Å². The number of carbonyl (C=O) groups excluding carboxylic acids is 2. The predicted molar refractivity (Wildman–Crippen MR) is 76.4 cm³/mol. The van der Waals surface area contributed by atoms with Gasteiger partial charge in [-0.3, -0.25) is 14.6 Å². The summed E-state index contributed by atoms with van der Waals surface area (Å²) in [5.74, 6) is 0.0729. The van der Waals surface area contributed by atoms with Gasteiger partial charge >= 0.3 is 0 Å². The van der Waals surface area contributed by atoms with Crippen molar-refractivity contribution in [1.82, 2.24) is 9.88 Å². The van der Waals surface area contributed by atoms with Crippen molar-refractivity contribution in [3.05, 3.63) is 42.2 Å². The molecule has 1 saturated heterocycles. The van der Waals surface area contributed by atoms with Crippen LogP contribution >= 0.6 is 0 Å². The van der Waals surface area contributed by atoms with Crippen LogP contribution in [0.1, 0.15) is 23.8 Å². The predicted octanol–water partition coefficient (Wildman–Crippen LogP) is 2.29. The molecule has 0 bridgehead atoms. The van der Waals surface area contributed by atoms with Crippen molar-refractivity contribution in [1.29, 1.82) is 0 Å². The number of hydrogen-bond acceptors (Lipinski definition) is 3. The van der Waals surface area contributed by atoms with Gasteiger partial charge in [0, 0.05) is 37.0 Å². The Balaban J connectivity index is 1.95. The van der Waals surface area contributed by atoms with Crippen LogP contribution in [0.2, 0.25) is 0 Å². The first-order chi connectivity index (χ1) is 9.66. The van der Waals surface area contributed by atoms with Crippen LogP contribution in [0.25, 0.3) is 10.8 Å². The maximum Gasteiger partial charge on any atom is 0.273 e. The SMILES string of the molecule is CC1CN(C(=O)c2nccc3ccccc23)CCC1=O. The Morgan fingerprint density at radius 1 is 1.30 bits per heavy atom. The number of pyridine rings is 1. The van der Waals surface area contributed by atoms with E-state index in [0.29, 0.717) is 25.2 Å². The average molecular weight is 268 g/mol. The summed E-state index contributed by atoms with van der Waals surface area (Å²) in [6.07, 6.45) is 2.10. The Morgan fingerprint density at radius 2 is 2.10 bits per heavy atom. The molecule has 0 aliphatic carbocycles. The third kappa shape index (κ3) is 2.18. The second-order valence-electron chi connectivity index (χ2n) is 5.25. The van der Waals surface area contributed by atoms with Crippen LogP contribution in [0.15, 0.2) is 36.5 Å². The molecule has 1 amide bonds. The third-order valence-electron chi connectivity index (χ3n) is 3.84. The molecule has 0 N–H and O–H groups in total. The molecule has 1 fully saturated rings. The van der Waals surface area contributed by atoms with Gasteiger partial charge in [0.1, 0.15) is 11.5 Å². The van der Waals surface area contributed by atoms with Crippen molar-refractivity contribution >= 4 is 22.5 Å². The van der Waals surface area contributed by atoms with Gasteiger partial charge in [-0.2, -0.15) is 0 Å². The summed E-state index contributed by atoms with van der Waals surface area (Å²) in [4.78, 5) is 30.2.